The summed E-state index contributed by atoms with van der Waals surface area (Å²) in [5.74, 6) is -0.252. The van der Waals surface area contributed by atoms with Crippen molar-refractivity contribution in [3.8, 4) is 5.75 Å². The van der Waals surface area contributed by atoms with E-state index in [4.69, 9.17) is 21.4 Å². The number of halogens is 1. The second-order valence-electron chi connectivity index (χ2n) is 4.97. The standard InChI is InChI=1S/C13H14ClNO3/c1-18-9-3-2-8-11(12(9)14)7(6-10(16)17)13(15-8)4-5-13/h2-3,7,15H,4-6H2,1H3,(H,16,17). The number of benzene rings is 1. The van der Waals surface area contributed by atoms with Crippen LogP contribution in [0.5, 0.6) is 5.75 Å². The van der Waals surface area contributed by atoms with Crippen molar-refractivity contribution in [1.29, 1.82) is 0 Å². The molecule has 5 heteroatoms. The Morgan fingerprint density at radius 3 is 2.89 bits per heavy atom. The SMILES string of the molecule is COc1ccc2c(c1Cl)C(CC(=O)O)C1(CC1)N2. The number of ether oxygens (including phenoxy) is 1. The largest absolute Gasteiger partial charge is 0.495 e. The topological polar surface area (TPSA) is 58.6 Å². The molecule has 3 rings (SSSR count). The van der Waals surface area contributed by atoms with Crippen molar-refractivity contribution in [2.75, 3.05) is 12.4 Å². The van der Waals surface area contributed by atoms with Crippen molar-refractivity contribution in [3.63, 3.8) is 0 Å². The number of hydrogen-bond donors (Lipinski definition) is 2. The maximum atomic E-state index is 11.0. The van der Waals surface area contributed by atoms with Gasteiger partial charge in [-0.25, -0.2) is 0 Å². The molecule has 0 bridgehead atoms. The van der Waals surface area contributed by atoms with Crippen LogP contribution in [-0.4, -0.2) is 23.7 Å². The summed E-state index contributed by atoms with van der Waals surface area (Å²) in [5.41, 5.74) is 1.76. The number of carboxylic acid groups (broad SMARTS) is 1. The van der Waals surface area contributed by atoms with Crippen LogP contribution >= 0.6 is 11.6 Å². The summed E-state index contributed by atoms with van der Waals surface area (Å²) in [6, 6.07) is 3.73. The highest BCUT2D eigenvalue weighted by Crippen LogP contribution is 2.60. The number of carboxylic acids is 1. The third-order valence-corrected chi connectivity index (χ3v) is 4.32. The molecule has 1 heterocycles. The van der Waals surface area contributed by atoms with Crippen molar-refractivity contribution < 1.29 is 14.6 Å². The van der Waals surface area contributed by atoms with Gasteiger partial charge < -0.3 is 15.2 Å². The minimum absolute atomic E-state index is 0.0624. The molecule has 18 heavy (non-hydrogen) atoms. The fraction of sp³-hybridized carbons (Fsp3) is 0.462. The summed E-state index contributed by atoms with van der Waals surface area (Å²) < 4.78 is 5.20. The van der Waals surface area contributed by atoms with Crippen molar-refractivity contribution in [3.05, 3.63) is 22.7 Å². The average molecular weight is 268 g/mol. The Labute approximate surface area is 110 Å². The van der Waals surface area contributed by atoms with E-state index < -0.39 is 5.97 Å². The molecule has 1 aliphatic heterocycles. The number of hydrogen-bond acceptors (Lipinski definition) is 3. The Morgan fingerprint density at radius 2 is 2.33 bits per heavy atom. The molecule has 96 valence electrons. The second-order valence-corrected chi connectivity index (χ2v) is 5.35. The van der Waals surface area contributed by atoms with Gasteiger partial charge in [0.1, 0.15) is 5.75 Å². The number of aliphatic carboxylic acids is 1. The van der Waals surface area contributed by atoms with E-state index in [1.54, 1.807) is 7.11 Å². The Morgan fingerprint density at radius 1 is 1.61 bits per heavy atom. The number of fused-ring (bicyclic) bond motifs is 1. The highest BCUT2D eigenvalue weighted by molar-refractivity contribution is 6.33. The third kappa shape index (κ3) is 1.56. The summed E-state index contributed by atoms with van der Waals surface area (Å²) in [6.45, 7) is 0. The Hall–Kier alpha value is -1.42. The zero-order valence-electron chi connectivity index (χ0n) is 10.00. The lowest BCUT2D eigenvalue weighted by Crippen LogP contribution is -2.24. The van der Waals surface area contributed by atoms with Crippen LogP contribution in [-0.2, 0) is 4.79 Å². The predicted octanol–water partition coefficient (Wildman–Crippen LogP) is 2.87. The highest BCUT2D eigenvalue weighted by atomic mass is 35.5. The molecule has 2 aliphatic rings. The maximum Gasteiger partial charge on any atom is 0.304 e. The van der Waals surface area contributed by atoms with E-state index in [0.29, 0.717) is 10.8 Å². The van der Waals surface area contributed by atoms with E-state index in [9.17, 15) is 4.79 Å². The Bertz CT molecular complexity index is 525. The summed E-state index contributed by atoms with van der Waals surface area (Å²) >= 11 is 6.33. The number of carbonyl (C=O) groups is 1. The molecule has 1 spiro atoms. The predicted molar refractivity (Wildman–Crippen MR) is 68.6 cm³/mol. The van der Waals surface area contributed by atoms with Gasteiger partial charge in [-0.05, 0) is 25.0 Å². The van der Waals surface area contributed by atoms with Crippen LogP contribution in [0.3, 0.4) is 0 Å². The molecule has 0 amide bonds. The van der Waals surface area contributed by atoms with Gasteiger partial charge in [-0.3, -0.25) is 4.79 Å². The van der Waals surface area contributed by atoms with Crippen LogP contribution in [0.25, 0.3) is 0 Å². The zero-order chi connectivity index (χ0) is 12.9. The van der Waals surface area contributed by atoms with Crippen molar-refractivity contribution in [2.45, 2.75) is 30.7 Å². The highest BCUT2D eigenvalue weighted by Gasteiger charge is 2.56. The molecule has 1 saturated carbocycles. The fourth-order valence-corrected chi connectivity index (χ4v) is 3.27. The van der Waals surface area contributed by atoms with Gasteiger partial charge in [0.25, 0.3) is 0 Å². The molecule has 1 atom stereocenters. The van der Waals surface area contributed by atoms with E-state index in [2.05, 4.69) is 5.32 Å². The van der Waals surface area contributed by atoms with Crippen LogP contribution in [0.1, 0.15) is 30.7 Å². The van der Waals surface area contributed by atoms with E-state index >= 15 is 0 Å². The van der Waals surface area contributed by atoms with Crippen LogP contribution in [0.2, 0.25) is 5.02 Å². The average Bonchev–Trinajstić information content (AvgIpc) is 3.01. The van der Waals surface area contributed by atoms with Crippen molar-refractivity contribution in [1.82, 2.24) is 0 Å². The summed E-state index contributed by atoms with van der Waals surface area (Å²) in [6.07, 6.45) is 2.10. The van der Waals surface area contributed by atoms with E-state index in [0.717, 1.165) is 24.1 Å². The van der Waals surface area contributed by atoms with Gasteiger partial charge >= 0.3 is 5.97 Å². The molecule has 1 aromatic rings. The normalized spacial score (nSPS) is 22.4. The van der Waals surface area contributed by atoms with E-state index in [-0.39, 0.29) is 17.9 Å². The van der Waals surface area contributed by atoms with Crippen LogP contribution in [0.4, 0.5) is 5.69 Å². The lowest BCUT2D eigenvalue weighted by Gasteiger charge is -2.18. The summed E-state index contributed by atoms with van der Waals surface area (Å²) in [7, 11) is 1.56. The lowest BCUT2D eigenvalue weighted by molar-refractivity contribution is -0.137. The minimum Gasteiger partial charge on any atom is -0.495 e. The van der Waals surface area contributed by atoms with Crippen LogP contribution < -0.4 is 10.1 Å². The van der Waals surface area contributed by atoms with Gasteiger partial charge in [-0.2, -0.15) is 0 Å². The number of methoxy groups -OCH3 is 1. The van der Waals surface area contributed by atoms with Gasteiger partial charge in [0.15, 0.2) is 0 Å². The lowest BCUT2D eigenvalue weighted by atomic mass is 9.90. The molecular weight excluding hydrogens is 254 g/mol. The molecular formula is C13H14ClNO3. The first-order chi connectivity index (χ1) is 8.57. The molecule has 4 nitrogen and oxygen atoms in total. The molecule has 0 radical (unpaired) electrons. The Balaban J connectivity index is 2.08. The quantitative estimate of drug-likeness (QED) is 0.884. The first-order valence-corrected chi connectivity index (χ1v) is 6.31. The summed E-state index contributed by atoms with van der Waals surface area (Å²) in [4.78, 5) is 11.0. The molecule has 1 aromatic carbocycles. The minimum atomic E-state index is -0.792. The number of rotatable bonds is 3. The molecule has 0 aromatic heterocycles. The van der Waals surface area contributed by atoms with Gasteiger partial charge in [0.05, 0.1) is 18.6 Å². The van der Waals surface area contributed by atoms with Crippen molar-refractivity contribution in [2.24, 2.45) is 0 Å². The fourth-order valence-electron chi connectivity index (χ4n) is 2.89. The zero-order valence-corrected chi connectivity index (χ0v) is 10.8. The molecule has 2 N–H and O–H groups in total. The summed E-state index contributed by atoms with van der Waals surface area (Å²) in [5, 5.41) is 13.0. The van der Waals surface area contributed by atoms with Gasteiger partial charge in [0, 0.05) is 22.7 Å². The van der Waals surface area contributed by atoms with Crippen LogP contribution in [0.15, 0.2) is 12.1 Å². The maximum absolute atomic E-state index is 11.0. The second kappa shape index (κ2) is 3.79. The first kappa shape index (κ1) is 11.7. The third-order valence-electron chi connectivity index (χ3n) is 3.93. The molecule has 1 unspecified atom stereocenters. The number of anilines is 1. The van der Waals surface area contributed by atoms with E-state index in [1.165, 1.54) is 0 Å². The van der Waals surface area contributed by atoms with E-state index in [1.807, 2.05) is 12.1 Å². The number of nitrogens with one attached hydrogen (secondary N) is 1. The van der Waals surface area contributed by atoms with Gasteiger partial charge in [-0.15, -0.1) is 0 Å². The Kier molecular flexibility index (Phi) is 2.45. The molecule has 1 fully saturated rings. The van der Waals surface area contributed by atoms with Crippen molar-refractivity contribution >= 4 is 23.3 Å². The monoisotopic (exact) mass is 267 g/mol. The van der Waals surface area contributed by atoms with Gasteiger partial charge in [0.2, 0.25) is 0 Å². The molecule has 1 aliphatic carbocycles. The smallest absolute Gasteiger partial charge is 0.304 e. The first-order valence-electron chi connectivity index (χ1n) is 5.94. The van der Waals surface area contributed by atoms with Gasteiger partial charge in [-0.1, -0.05) is 11.6 Å². The molecule has 0 saturated heterocycles. The van der Waals surface area contributed by atoms with Crippen LogP contribution in [0, 0.1) is 0 Å².